The second kappa shape index (κ2) is 10.5. The van der Waals surface area contributed by atoms with Gasteiger partial charge in [0.2, 0.25) is 11.8 Å². The van der Waals surface area contributed by atoms with Crippen LogP contribution in [0.5, 0.6) is 0 Å². The fourth-order valence-electron chi connectivity index (χ4n) is 3.71. The molecule has 1 fully saturated rings. The average molecular weight is 447 g/mol. The van der Waals surface area contributed by atoms with Gasteiger partial charge in [0.25, 0.3) is 0 Å². The summed E-state index contributed by atoms with van der Waals surface area (Å²) < 4.78 is 5.17. The summed E-state index contributed by atoms with van der Waals surface area (Å²) in [5.41, 5.74) is 2.37. The molecule has 0 spiro atoms. The molecule has 8 heteroatoms. The lowest BCUT2D eigenvalue weighted by atomic mass is 10.1. The summed E-state index contributed by atoms with van der Waals surface area (Å²) in [5.74, 6) is 0.111. The van der Waals surface area contributed by atoms with E-state index in [4.69, 9.17) is 4.42 Å². The molecule has 1 atom stereocenters. The zero-order chi connectivity index (χ0) is 23.0. The number of likely N-dealkylation sites (tertiary alicyclic amines) is 1. The number of nitrogens with one attached hydrogen (secondary N) is 3. The predicted octanol–water partition coefficient (Wildman–Crippen LogP) is 3.63. The monoisotopic (exact) mass is 446 g/mol. The molecule has 0 aliphatic carbocycles. The number of nitrogens with zero attached hydrogens (tertiary/aromatic N) is 1. The Bertz CT molecular complexity index is 1080. The van der Waals surface area contributed by atoms with Crippen LogP contribution < -0.4 is 16.0 Å². The van der Waals surface area contributed by atoms with E-state index in [1.165, 1.54) is 5.56 Å². The summed E-state index contributed by atoms with van der Waals surface area (Å²) >= 11 is 0. The average Bonchev–Trinajstić information content (AvgIpc) is 3.48. The maximum atomic E-state index is 12.7. The van der Waals surface area contributed by atoms with Crippen LogP contribution in [0.15, 0.2) is 77.4 Å². The first-order valence-corrected chi connectivity index (χ1v) is 10.9. The van der Waals surface area contributed by atoms with Crippen molar-refractivity contribution in [2.24, 2.45) is 5.92 Å². The Labute approximate surface area is 192 Å². The Morgan fingerprint density at radius 3 is 2.36 bits per heavy atom. The standard InChI is InChI=1S/C25H26N4O4/c30-23-15-19(17-29(23)13-12-18-5-2-1-3-6-18)24(31)27-20-8-10-21(11-9-20)28-25(32)26-16-22-7-4-14-33-22/h1-11,14,19H,12-13,15-17H2,(H,27,31)(H2,26,28,32). The molecule has 8 nitrogen and oxygen atoms in total. The third-order valence-electron chi connectivity index (χ3n) is 5.51. The topological polar surface area (TPSA) is 104 Å². The van der Waals surface area contributed by atoms with Crippen molar-refractivity contribution < 1.29 is 18.8 Å². The largest absolute Gasteiger partial charge is 0.467 e. The Morgan fingerprint density at radius 2 is 1.67 bits per heavy atom. The first-order chi connectivity index (χ1) is 16.1. The van der Waals surface area contributed by atoms with E-state index in [9.17, 15) is 14.4 Å². The summed E-state index contributed by atoms with van der Waals surface area (Å²) in [6.45, 7) is 1.32. The van der Waals surface area contributed by atoms with E-state index < -0.39 is 0 Å². The lowest BCUT2D eigenvalue weighted by Gasteiger charge is -2.16. The van der Waals surface area contributed by atoms with Crippen LogP contribution in [0.1, 0.15) is 17.7 Å². The maximum Gasteiger partial charge on any atom is 0.319 e. The van der Waals surface area contributed by atoms with Gasteiger partial charge in [-0.3, -0.25) is 9.59 Å². The molecule has 0 saturated carbocycles. The zero-order valence-electron chi connectivity index (χ0n) is 18.1. The molecule has 1 aliphatic rings. The van der Waals surface area contributed by atoms with Crippen molar-refractivity contribution in [2.75, 3.05) is 23.7 Å². The SMILES string of the molecule is O=C(NCc1ccco1)Nc1ccc(NC(=O)C2CC(=O)N(CCc3ccccc3)C2)cc1. The van der Waals surface area contributed by atoms with Crippen molar-refractivity contribution >= 4 is 29.2 Å². The van der Waals surface area contributed by atoms with E-state index in [2.05, 4.69) is 16.0 Å². The minimum Gasteiger partial charge on any atom is -0.467 e. The fourth-order valence-corrected chi connectivity index (χ4v) is 3.71. The van der Waals surface area contributed by atoms with E-state index in [-0.39, 0.29) is 36.7 Å². The smallest absolute Gasteiger partial charge is 0.319 e. The van der Waals surface area contributed by atoms with E-state index in [0.29, 0.717) is 30.2 Å². The van der Waals surface area contributed by atoms with Crippen LogP contribution in [-0.4, -0.2) is 35.8 Å². The Kier molecular flexibility index (Phi) is 7.04. The third-order valence-corrected chi connectivity index (χ3v) is 5.51. The molecule has 1 aliphatic heterocycles. The highest BCUT2D eigenvalue weighted by atomic mass is 16.3. The van der Waals surface area contributed by atoms with Crippen LogP contribution in [0.2, 0.25) is 0 Å². The molecule has 2 aromatic carbocycles. The van der Waals surface area contributed by atoms with Gasteiger partial charge < -0.3 is 25.3 Å². The minimum absolute atomic E-state index is 0.00573. The van der Waals surface area contributed by atoms with Gasteiger partial charge in [-0.2, -0.15) is 0 Å². The highest BCUT2D eigenvalue weighted by Gasteiger charge is 2.34. The molecule has 3 aromatic rings. The second-order valence-corrected chi connectivity index (χ2v) is 7.93. The highest BCUT2D eigenvalue weighted by molar-refractivity contribution is 5.97. The predicted molar refractivity (Wildman–Crippen MR) is 124 cm³/mol. The number of carbonyl (C=O) groups is 3. The van der Waals surface area contributed by atoms with E-state index in [0.717, 1.165) is 6.42 Å². The quantitative estimate of drug-likeness (QED) is 0.492. The van der Waals surface area contributed by atoms with Gasteiger partial charge in [-0.05, 0) is 48.4 Å². The molecule has 2 heterocycles. The molecule has 4 amide bonds. The Morgan fingerprint density at radius 1 is 0.939 bits per heavy atom. The van der Waals surface area contributed by atoms with Gasteiger partial charge >= 0.3 is 6.03 Å². The minimum atomic E-state index is -0.376. The number of urea groups is 1. The first kappa shape index (κ1) is 22.1. The summed E-state index contributed by atoms with van der Waals surface area (Å²) in [6, 6.07) is 20.0. The van der Waals surface area contributed by atoms with Crippen molar-refractivity contribution in [2.45, 2.75) is 19.4 Å². The van der Waals surface area contributed by atoms with E-state index in [1.807, 2.05) is 30.3 Å². The Hall–Kier alpha value is -4.07. The lowest BCUT2D eigenvalue weighted by Crippen LogP contribution is -2.30. The molecule has 1 aromatic heterocycles. The Balaban J connectivity index is 1.22. The maximum absolute atomic E-state index is 12.7. The summed E-state index contributed by atoms with van der Waals surface area (Å²) in [4.78, 5) is 38.7. The number of hydrogen-bond donors (Lipinski definition) is 3. The van der Waals surface area contributed by atoms with Gasteiger partial charge in [0.1, 0.15) is 5.76 Å². The van der Waals surface area contributed by atoms with Crippen molar-refractivity contribution in [3.63, 3.8) is 0 Å². The van der Waals surface area contributed by atoms with Gasteiger partial charge in [0, 0.05) is 30.9 Å². The summed E-state index contributed by atoms with van der Waals surface area (Å²) in [7, 11) is 0. The molecular formula is C25H26N4O4. The van der Waals surface area contributed by atoms with Gasteiger partial charge in [-0.15, -0.1) is 0 Å². The summed E-state index contributed by atoms with van der Waals surface area (Å²) in [5, 5.41) is 8.28. The van der Waals surface area contributed by atoms with Gasteiger partial charge in [0.15, 0.2) is 0 Å². The molecular weight excluding hydrogens is 420 g/mol. The van der Waals surface area contributed by atoms with Crippen LogP contribution >= 0.6 is 0 Å². The number of hydrogen-bond acceptors (Lipinski definition) is 4. The van der Waals surface area contributed by atoms with Crippen LogP contribution in [0.25, 0.3) is 0 Å². The zero-order valence-corrected chi connectivity index (χ0v) is 18.1. The number of benzene rings is 2. The molecule has 0 bridgehead atoms. The number of rotatable bonds is 8. The molecule has 33 heavy (non-hydrogen) atoms. The van der Waals surface area contributed by atoms with Gasteiger partial charge in [-0.25, -0.2) is 4.79 Å². The van der Waals surface area contributed by atoms with E-state index in [1.54, 1.807) is 47.6 Å². The van der Waals surface area contributed by atoms with Crippen LogP contribution in [-0.2, 0) is 22.6 Å². The van der Waals surface area contributed by atoms with Crippen LogP contribution in [0, 0.1) is 5.92 Å². The molecule has 4 rings (SSSR count). The molecule has 3 N–H and O–H groups in total. The van der Waals surface area contributed by atoms with Gasteiger partial charge in [-0.1, -0.05) is 30.3 Å². The highest BCUT2D eigenvalue weighted by Crippen LogP contribution is 2.21. The molecule has 1 saturated heterocycles. The first-order valence-electron chi connectivity index (χ1n) is 10.9. The van der Waals surface area contributed by atoms with Crippen LogP contribution in [0.3, 0.4) is 0 Å². The van der Waals surface area contributed by atoms with Crippen molar-refractivity contribution in [3.05, 3.63) is 84.3 Å². The molecule has 0 radical (unpaired) electrons. The molecule has 1 unspecified atom stereocenters. The lowest BCUT2D eigenvalue weighted by molar-refractivity contribution is -0.128. The second-order valence-electron chi connectivity index (χ2n) is 7.93. The van der Waals surface area contributed by atoms with Crippen molar-refractivity contribution in [1.82, 2.24) is 10.2 Å². The van der Waals surface area contributed by atoms with Gasteiger partial charge in [0.05, 0.1) is 18.7 Å². The number of anilines is 2. The number of furan rings is 1. The third kappa shape index (κ3) is 6.22. The van der Waals surface area contributed by atoms with E-state index >= 15 is 0 Å². The number of amides is 4. The fraction of sp³-hybridized carbons (Fsp3) is 0.240. The normalized spacial score (nSPS) is 15.3. The molecule has 170 valence electrons. The summed E-state index contributed by atoms with van der Waals surface area (Å²) in [6.07, 6.45) is 2.53. The van der Waals surface area contributed by atoms with Crippen LogP contribution in [0.4, 0.5) is 16.2 Å². The van der Waals surface area contributed by atoms with Crippen molar-refractivity contribution in [3.8, 4) is 0 Å². The number of carbonyl (C=O) groups excluding carboxylic acids is 3. The van der Waals surface area contributed by atoms with Crippen molar-refractivity contribution in [1.29, 1.82) is 0 Å².